The average Bonchev–Trinajstić information content (AvgIpc) is 3.46. The normalized spacial score (nSPS) is 22.0. The number of carbonyl (C=O) groups is 2. The first-order valence-electron chi connectivity index (χ1n) is 14.6. The largest absolute Gasteiger partial charge is 0.489 e. The van der Waals surface area contributed by atoms with Gasteiger partial charge in [-0.05, 0) is 68.9 Å². The molecule has 2 amide bonds. The Morgan fingerprint density at radius 2 is 1.85 bits per heavy atom. The molecule has 2 bridgehead atoms. The van der Waals surface area contributed by atoms with Gasteiger partial charge in [0, 0.05) is 42.1 Å². The predicted octanol–water partition coefficient (Wildman–Crippen LogP) is 6.56. The van der Waals surface area contributed by atoms with Crippen molar-refractivity contribution < 1.29 is 19.1 Å². The molecule has 208 valence electrons. The van der Waals surface area contributed by atoms with Crippen molar-refractivity contribution in [2.24, 2.45) is 5.92 Å². The maximum Gasteiger partial charge on any atom is 0.251 e. The second-order valence-corrected chi connectivity index (χ2v) is 11.8. The Kier molecular flexibility index (Phi) is 7.26. The summed E-state index contributed by atoms with van der Waals surface area (Å²) in [7, 11) is 0. The van der Waals surface area contributed by atoms with E-state index in [9.17, 15) is 9.59 Å². The number of para-hydroxylation sites is 1. The van der Waals surface area contributed by atoms with Crippen molar-refractivity contribution in [2.45, 2.75) is 70.4 Å². The highest BCUT2D eigenvalue weighted by Crippen LogP contribution is 2.52. The molecule has 1 saturated carbocycles. The first-order chi connectivity index (χ1) is 19.4. The van der Waals surface area contributed by atoms with E-state index in [-0.39, 0.29) is 17.7 Å². The number of nitrogens with zero attached hydrogens (tertiary/aromatic N) is 1. The van der Waals surface area contributed by atoms with Crippen LogP contribution in [0.5, 0.6) is 11.5 Å². The van der Waals surface area contributed by atoms with Crippen molar-refractivity contribution in [3.63, 3.8) is 0 Å². The summed E-state index contributed by atoms with van der Waals surface area (Å²) in [5.74, 6) is 2.02. The molecule has 2 aliphatic heterocycles. The molecular weight excluding hydrogens is 500 g/mol. The molecule has 0 radical (unpaired) electrons. The molecule has 1 N–H and O–H groups in total. The standard InChI is InChI=1S/C34H38N2O4/c1-23-13-15-24(16-14-23)17-18-35-33(38)26-9-5-10-28(19-26)36-31(37)20-27-21-34(36,2)40-32-29(27)11-6-12-30(32)39-22-25-7-3-4-8-25/h5-6,9-16,19,25,27H,3-4,7-8,17-18,20-22H2,1-2H3,(H,35,38). The fraction of sp³-hybridized carbons (Fsp3) is 0.412. The summed E-state index contributed by atoms with van der Waals surface area (Å²) in [6.45, 7) is 5.28. The topological polar surface area (TPSA) is 67.9 Å². The Morgan fingerprint density at radius 1 is 1.07 bits per heavy atom. The second-order valence-electron chi connectivity index (χ2n) is 11.8. The number of fused-ring (bicyclic) bond motifs is 4. The highest BCUT2D eigenvalue weighted by molar-refractivity contribution is 5.99. The zero-order valence-electron chi connectivity index (χ0n) is 23.4. The number of anilines is 1. The van der Waals surface area contributed by atoms with Gasteiger partial charge >= 0.3 is 0 Å². The van der Waals surface area contributed by atoms with Gasteiger partial charge in [-0.25, -0.2) is 0 Å². The molecule has 1 saturated heterocycles. The van der Waals surface area contributed by atoms with Crippen LogP contribution in [0.3, 0.4) is 0 Å². The van der Waals surface area contributed by atoms with Crippen LogP contribution in [0.15, 0.2) is 66.7 Å². The highest BCUT2D eigenvalue weighted by atomic mass is 16.5. The van der Waals surface area contributed by atoms with Gasteiger partial charge in [0.15, 0.2) is 17.2 Å². The van der Waals surface area contributed by atoms with E-state index in [0.29, 0.717) is 43.2 Å². The number of hydrogen-bond acceptors (Lipinski definition) is 4. The van der Waals surface area contributed by atoms with Crippen LogP contribution in [0.1, 0.15) is 78.4 Å². The van der Waals surface area contributed by atoms with Gasteiger partial charge in [0.1, 0.15) is 0 Å². The monoisotopic (exact) mass is 538 g/mol. The molecule has 1 aliphatic carbocycles. The van der Waals surface area contributed by atoms with Crippen LogP contribution in [0.4, 0.5) is 5.69 Å². The predicted molar refractivity (Wildman–Crippen MR) is 156 cm³/mol. The molecule has 6 rings (SSSR count). The summed E-state index contributed by atoms with van der Waals surface area (Å²) in [5, 5.41) is 3.02. The smallest absolute Gasteiger partial charge is 0.251 e. The van der Waals surface area contributed by atoms with E-state index in [0.717, 1.165) is 23.5 Å². The number of nitrogens with one attached hydrogen (secondary N) is 1. The number of amides is 2. The van der Waals surface area contributed by atoms with Gasteiger partial charge in [-0.2, -0.15) is 0 Å². The number of aryl methyl sites for hydroxylation is 1. The maximum atomic E-state index is 13.6. The number of ether oxygens (including phenoxy) is 2. The number of benzene rings is 3. The molecule has 6 heteroatoms. The molecule has 2 unspecified atom stereocenters. The van der Waals surface area contributed by atoms with Crippen LogP contribution in [0, 0.1) is 12.8 Å². The van der Waals surface area contributed by atoms with E-state index >= 15 is 0 Å². The molecule has 2 atom stereocenters. The SMILES string of the molecule is Cc1ccc(CCNC(=O)c2cccc(N3C(=O)CC4CC3(C)Oc3c(OCC5CCCC5)cccc34)c2)cc1. The van der Waals surface area contributed by atoms with E-state index in [1.165, 1.54) is 36.8 Å². The molecule has 40 heavy (non-hydrogen) atoms. The quantitative estimate of drug-likeness (QED) is 0.353. The fourth-order valence-corrected chi connectivity index (χ4v) is 6.56. The van der Waals surface area contributed by atoms with Crippen molar-refractivity contribution in [2.75, 3.05) is 18.1 Å². The van der Waals surface area contributed by atoms with Crippen LogP contribution >= 0.6 is 0 Å². The lowest BCUT2D eigenvalue weighted by Gasteiger charge is -2.50. The lowest BCUT2D eigenvalue weighted by molar-refractivity contribution is -0.127. The van der Waals surface area contributed by atoms with Crippen molar-refractivity contribution in [1.29, 1.82) is 0 Å². The molecule has 2 fully saturated rings. The minimum atomic E-state index is -0.875. The van der Waals surface area contributed by atoms with Gasteiger partial charge < -0.3 is 14.8 Å². The van der Waals surface area contributed by atoms with Crippen molar-refractivity contribution in [3.05, 3.63) is 89.0 Å². The van der Waals surface area contributed by atoms with Crippen LogP contribution in [0.2, 0.25) is 0 Å². The lowest BCUT2D eigenvalue weighted by atomic mass is 9.80. The number of piperidine rings is 1. The molecule has 0 spiro atoms. The molecule has 3 aromatic rings. The zero-order chi connectivity index (χ0) is 27.7. The molecule has 0 aromatic heterocycles. The van der Waals surface area contributed by atoms with Gasteiger partial charge in [0.05, 0.1) is 6.61 Å². The third-order valence-electron chi connectivity index (χ3n) is 8.68. The summed E-state index contributed by atoms with van der Waals surface area (Å²) < 4.78 is 13.0. The van der Waals surface area contributed by atoms with Crippen LogP contribution in [0.25, 0.3) is 0 Å². The van der Waals surface area contributed by atoms with E-state index in [1.54, 1.807) is 17.0 Å². The molecular formula is C34H38N2O4. The highest BCUT2D eigenvalue weighted by Gasteiger charge is 2.50. The van der Waals surface area contributed by atoms with Gasteiger partial charge in [-0.1, -0.05) is 60.9 Å². The van der Waals surface area contributed by atoms with Crippen LogP contribution < -0.4 is 19.7 Å². The van der Waals surface area contributed by atoms with Crippen LogP contribution in [-0.4, -0.2) is 30.7 Å². The Bertz CT molecular complexity index is 1400. The zero-order valence-corrected chi connectivity index (χ0v) is 23.4. The molecule has 2 heterocycles. The molecule has 6 nitrogen and oxygen atoms in total. The lowest BCUT2D eigenvalue weighted by Crippen LogP contribution is -2.60. The van der Waals surface area contributed by atoms with Gasteiger partial charge in [-0.3, -0.25) is 14.5 Å². The Hall–Kier alpha value is -3.80. The second kappa shape index (κ2) is 11.0. The maximum absolute atomic E-state index is 13.6. The summed E-state index contributed by atoms with van der Waals surface area (Å²) in [6, 6.07) is 21.7. The van der Waals surface area contributed by atoms with E-state index < -0.39 is 5.72 Å². The molecule has 3 aromatic carbocycles. The number of rotatable bonds is 8. The van der Waals surface area contributed by atoms with Crippen LogP contribution in [-0.2, 0) is 11.2 Å². The minimum absolute atomic E-state index is 0.00129. The van der Waals surface area contributed by atoms with Gasteiger partial charge in [0.25, 0.3) is 5.91 Å². The van der Waals surface area contributed by atoms with Crippen molar-refractivity contribution in [3.8, 4) is 11.5 Å². The third kappa shape index (κ3) is 5.32. The Morgan fingerprint density at radius 3 is 2.65 bits per heavy atom. The van der Waals surface area contributed by atoms with Crippen molar-refractivity contribution in [1.82, 2.24) is 5.32 Å². The summed E-state index contributed by atoms with van der Waals surface area (Å²) in [6.07, 6.45) is 6.82. The first kappa shape index (κ1) is 26.4. The fourth-order valence-electron chi connectivity index (χ4n) is 6.56. The summed E-state index contributed by atoms with van der Waals surface area (Å²) in [5.41, 5.74) is 3.77. The first-order valence-corrected chi connectivity index (χ1v) is 14.6. The van der Waals surface area contributed by atoms with E-state index in [2.05, 4.69) is 42.6 Å². The average molecular weight is 539 g/mol. The third-order valence-corrected chi connectivity index (χ3v) is 8.68. The Balaban J connectivity index is 1.19. The summed E-state index contributed by atoms with van der Waals surface area (Å²) >= 11 is 0. The van der Waals surface area contributed by atoms with Crippen molar-refractivity contribution >= 4 is 17.5 Å². The Labute approximate surface area is 236 Å². The van der Waals surface area contributed by atoms with Gasteiger partial charge in [0.2, 0.25) is 5.91 Å². The van der Waals surface area contributed by atoms with E-state index in [1.807, 2.05) is 31.2 Å². The van der Waals surface area contributed by atoms with E-state index in [4.69, 9.17) is 9.47 Å². The summed E-state index contributed by atoms with van der Waals surface area (Å²) in [4.78, 5) is 28.3. The number of hydrogen-bond donors (Lipinski definition) is 1. The molecule has 3 aliphatic rings. The van der Waals surface area contributed by atoms with Gasteiger partial charge in [-0.15, -0.1) is 0 Å². The minimum Gasteiger partial charge on any atom is -0.489 e. The number of carbonyl (C=O) groups excluding carboxylic acids is 2.